The molecule has 24 heavy (non-hydrogen) atoms. The Balaban J connectivity index is 1.97. The molecule has 128 valence electrons. The first-order valence-corrected chi connectivity index (χ1v) is 8.17. The van der Waals surface area contributed by atoms with E-state index < -0.39 is 36.9 Å². The number of nitrogens with one attached hydrogen (secondary N) is 2. The highest BCUT2D eigenvalue weighted by Crippen LogP contribution is 2.31. The van der Waals surface area contributed by atoms with Crippen molar-refractivity contribution in [2.45, 2.75) is 12.6 Å². The average molecular weight is 357 g/mol. The van der Waals surface area contributed by atoms with Gasteiger partial charge in [-0.3, -0.25) is 19.3 Å². The lowest BCUT2D eigenvalue weighted by molar-refractivity contribution is 0.202. The fraction of sp³-hybridized carbons (Fsp3) is 0.300. The molecule has 0 amide bonds. The second-order valence-electron chi connectivity index (χ2n) is 4.94. The largest absolute Gasteiger partial charge is 0.394 e. The van der Waals surface area contributed by atoms with Crippen LogP contribution in [0.3, 0.4) is 0 Å². The normalized spacial score (nSPS) is 13.5. The minimum absolute atomic E-state index is 0.0146. The highest BCUT2D eigenvalue weighted by Gasteiger charge is 2.24. The molecule has 3 rings (SSSR count). The zero-order valence-electron chi connectivity index (χ0n) is 11.9. The van der Waals surface area contributed by atoms with E-state index in [1.165, 1.54) is 10.9 Å². The van der Waals surface area contributed by atoms with E-state index >= 15 is 0 Å². The molecule has 3 aromatic rings. The molecule has 3 heterocycles. The van der Waals surface area contributed by atoms with E-state index in [0.29, 0.717) is 0 Å². The molecule has 0 spiro atoms. The van der Waals surface area contributed by atoms with E-state index in [2.05, 4.69) is 20.3 Å². The van der Waals surface area contributed by atoms with E-state index in [1.807, 2.05) is 4.98 Å². The van der Waals surface area contributed by atoms with Crippen molar-refractivity contribution in [3.05, 3.63) is 33.4 Å². The summed E-state index contributed by atoms with van der Waals surface area (Å²) < 4.78 is 13.6. The third-order valence-electron chi connectivity index (χ3n) is 3.30. The zero-order valence-corrected chi connectivity index (χ0v) is 12.8. The van der Waals surface area contributed by atoms with Gasteiger partial charge in [0.25, 0.3) is 5.56 Å². The maximum Gasteiger partial charge on any atom is 0.377 e. The Morgan fingerprint density at radius 1 is 1.29 bits per heavy atom. The van der Waals surface area contributed by atoms with E-state index in [1.54, 1.807) is 0 Å². The topological polar surface area (TPSA) is 192 Å². The summed E-state index contributed by atoms with van der Waals surface area (Å²) >= 11 is 0. The maximum atomic E-state index is 11.6. The van der Waals surface area contributed by atoms with Crippen molar-refractivity contribution in [3.8, 4) is 0 Å². The Hall–Kier alpha value is -2.60. The number of aliphatic hydroxyl groups is 1. The van der Waals surface area contributed by atoms with Crippen molar-refractivity contribution in [2.75, 3.05) is 6.61 Å². The van der Waals surface area contributed by atoms with Crippen LogP contribution in [0, 0.1) is 0 Å². The van der Waals surface area contributed by atoms with Gasteiger partial charge in [0.2, 0.25) is 0 Å². The van der Waals surface area contributed by atoms with Gasteiger partial charge in [-0.2, -0.15) is 0 Å². The smallest absolute Gasteiger partial charge is 0.377 e. The summed E-state index contributed by atoms with van der Waals surface area (Å²) in [6.07, 6.45) is 2.32. The summed E-state index contributed by atoms with van der Waals surface area (Å²) in [5.74, 6) is 0. The quantitative estimate of drug-likeness (QED) is 0.297. The first kappa shape index (κ1) is 16.3. The van der Waals surface area contributed by atoms with Crippen LogP contribution in [0.2, 0.25) is 0 Å². The number of aromatic amines is 2. The number of rotatable bonds is 5. The van der Waals surface area contributed by atoms with Crippen LogP contribution in [-0.2, 0) is 11.1 Å². The molecular formula is C10H12N7O6P. The van der Waals surface area contributed by atoms with Crippen LogP contribution in [0.5, 0.6) is 0 Å². The third-order valence-corrected chi connectivity index (χ3v) is 4.10. The van der Waals surface area contributed by atoms with E-state index in [0.717, 1.165) is 10.9 Å². The number of hydrogen-bond acceptors (Lipinski definition) is 7. The number of aromatic nitrogens is 7. The van der Waals surface area contributed by atoms with Gasteiger partial charge in [0.1, 0.15) is 5.65 Å². The standard InChI is InChI=1S/C10H12N7O6P/c18-3-5(17-2-6(14-15-17)24(21,22)23)1-16-4-11-7-8(16)12-10(20)13-9(7)19/h2,4-5,18H,1,3H2,(H2,21,22,23)(H2,12,13,19,20)/t5-/m0/s1. The van der Waals surface area contributed by atoms with Crippen molar-refractivity contribution in [1.82, 2.24) is 34.5 Å². The summed E-state index contributed by atoms with van der Waals surface area (Å²) in [4.78, 5) is 49.5. The van der Waals surface area contributed by atoms with Gasteiger partial charge in [0.05, 0.1) is 31.7 Å². The molecule has 0 fully saturated rings. The van der Waals surface area contributed by atoms with Crippen molar-refractivity contribution < 1.29 is 19.5 Å². The second kappa shape index (κ2) is 5.79. The van der Waals surface area contributed by atoms with Crippen molar-refractivity contribution in [2.24, 2.45) is 0 Å². The van der Waals surface area contributed by atoms with Crippen molar-refractivity contribution in [1.29, 1.82) is 0 Å². The SMILES string of the molecule is O=c1[nH]c(=O)c2ncn(C[C@@H](CO)n3cc(P(=O)(O)O)nn3)c2[nH]1. The van der Waals surface area contributed by atoms with Crippen LogP contribution in [0.25, 0.3) is 11.2 Å². The molecule has 0 aliphatic heterocycles. The van der Waals surface area contributed by atoms with Crippen LogP contribution in [0.15, 0.2) is 22.1 Å². The Kier molecular flexibility index (Phi) is 3.93. The molecule has 3 aromatic heterocycles. The first-order valence-electron chi connectivity index (χ1n) is 6.56. The Morgan fingerprint density at radius 3 is 2.67 bits per heavy atom. The highest BCUT2D eigenvalue weighted by atomic mass is 31.2. The summed E-state index contributed by atoms with van der Waals surface area (Å²) in [5.41, 5.74) is -1.73. The molecule has 1 atom stereocenters. The monoisotopic (exact) mass is 357 g/mol. The predicted octanol–water partition coefficient (Wildman–Crippen LogP) is -2.96. The summed E-state index contributed by atoms with van der Waals surface area (Å²) in [5, 5.41) is 16.5. The van der Waals surface area contributed by atoms with Gasteiger partial charge in [-0.1, -0.05) is 5.21 Å². The molecule has 0 unspecified atom stereocenters. The fourth-order valence-electron chi connectivity index (χ4n) is 2.15. The molecule has 13 nitrogen and oxygen atoms in total. The molecule has 5 N–H and O–H groups in total. The summed E-state index contributed by atoms with van der Waals surface area (Å²) in [6.45, 7) is -0.409. The fourth-order valence-corrected chi connectivity index (χ4v) is 2.58. The molecule has 0 bridgehead atoms. The van der Waals surface area contributed by atoms with Gasteiger partial charge in [0.15, 0.2) is 11.0 Å². The zero-order chi connectivity index (χ0) is 17.5. The number of imidazole rings is 1. The van der Waals surface area contributed by atoms with Gasteiger partial charge in [-0.05, 0) is 0 Å². The number of H-pyrrole nitrogens is 2. The molecule has 0 radical (unpaired) electrons. The minimum atomic E-state index is -4.56. The molecular weight excluding hydrogens is 345 g/mol. The van der Waals surface area contributed by atoms with Crippen LogP contribution in [0.4, 0.5) is 0 Å². The second-order valence-corrected chi connectivity index (χ2v) is 6.49. The average Bonchev–Trinajstić information content (AvgIpc) is 3.11. The third kappa shape index (κ3) is 2.92. The molecule has 0 saturated carbocycles. The Labute approximate surface area is 131 Å². The summed E-state index contributed by atoms with van der Waals surface area (Å²) in [6, 6.07) is -0.752. The lowest BCUT2D eigenvalue weighted by Gasteiger charge is -2.14. The molecule has 0 aliphatic carbocycles. The van der Waals surface area contributed by atoms with Gasteiger partial charge >= 0.3 is 13.3 Å². The van der Waals surface area contributed by atoms with Gasteiger partial charge in [-0.25, -0.2) is 14.5 Å². The number of nitrogens with zero attached hydrogens (tertiary/aromatic N) is 5. The Bertz CT molecular complexity index is 1040. The number of fused-ring (bicyclic) bond motifs is 1. The van der Waals surface area contributed by atoms with Crippen molar-refractivity contribution >= 4 is 24.2 Å². The first-order chi connectivity index (χ1) is 11.3. The molecule has 0 aliphatic rings. The van der Waals surface area contributed by atoms with Crippen LogP contribution in [-0.4, -0.2) is 56.0 Å². The van der Waals surface area contributed by atoms with Gasteiger partial charge < -0.3 is 19.5 Å². The van der Waals surface area contributed by atoms with E-state index in [9.17, 15) is 19.3 Å². The van der Waals surface area contributed by atoms with Crippen LogP contribution in [0.1, 0.15) is 6.04 Å². The highest BCUT2D eigenvalue weighted by molar-refractivity contribution is 7.59. The van der Waals surface area contributed by atoms with E-state index in [4.69, 9.17) is 9.79 Å². The molecule has 0 saturated heterocycles. The lowest BCUT2D eigenvalue weighted by Crippen LogP contribution is -2.24. The van der Waals surface area contributed by atoms with Gasteiger partial charge in [0, 0.05) is 0 Å². The minimum Gasteiger partial charge on any atom is -0.394 e. The summed E-state index contributed by atoms with van der Waals surface area (Å²) in [7, 11) is -4.56. The maximum absolute atomic E-state index is 11.6. The van der Waals surface area contributed by atoms with Crippen LogP contribution < -0.4 is 16.7 Å². The van der Waals surface area contributed by atoms with Crippen molar-refractivity contribution in [3.63, 3.8) is 0 Å². The van der Waals surface area contributed by atoms with Gasteiger partial charge in [-0.15, -0.1) is 5.10 Å². The van der Waals surface area contributed by atoms with Crippen LogP contribution >= 0.6 is 7.60 Å². The number of hydrogen-bond donors (Lipinski definition) is 5. The lowest BCUT2D eigenvalue weighted by atomic mass is 10.3. The Morgan fingerprint density at radius 2 is 2.04 bits per heavy atom. The number of aliphatic hydroxyl groups excluding tert-OH is 1. The predicted molar refractivity (Wildman–Crippen MR) is 78.8 cm³/mol. The van der Waals surface area contributed by atoms with E-state index in [-0.39, 0.29) is 17.7 Å². The molecule has 0 aromatic carbocycles. The molecule has 14 heteroatoms.